The fourth-order valence-corrected chi connectivity index (χ4v) is 6.81. The van der Waals surface area contributed by atoms with Gasteiger partial charge in [-0.15, -0.1) is 22.7 Å². The van der Waals surface area contributed by atoms with E-state index in [0.717, 1.165) is 11.3 Å². The van der Waals surface area contributed by atoms with Crippen LogP contribution in [0.1, 0.15) is 23.2 Å². The van der Waals surface area contributed by atoms with Gasteiger partial charge in [-0.1, -0.05) is 11.6 Å². The van der Waals surface area contributed by atoms with E-state index in [-0.39, 0.29) is 16.7 Å². The number of nitrogens with zero attached hydrogens (tertiary/aromatic N) is 1. The molecular formula is C15H16ClN3O4S3. The fraction of sp³-hybridized carbons (Fsp3) is 0.333. The van der Waals surface area contributed by atoms with Crippen molar-refractivity contribution in [2.45, 2.75) is 23.1 Å². The number of hydrogen-bond donors (Lipinski definition) is 2. The van der Waals surface area contributed by atoms with Crippen LogP contribution in [0, 0.1) is 0 Å². The smallest absolute Gasteiger partial charge is 0.254 e. The predicted molar refractivity (Wildman–Crippen MR) is 103 cm³/mol. The zero-order valence-electron chi connectivity index (χ0n) is 13.7. The SMILES string of the molecule is CNC(=O)c1ccsc1NC(=O)C1CCCN1S(=O)(=O)c1ccc(Cl)s1. The number of halogens is 1. The van der Waals surface area contributed by atoms with Gasteiger partial charge >= 0.3 is 0 Å². The van der Waals surface area contributed by atoms with E-state index in [9.17, 15) is 18.0 Å². The first kappa shape index (κ1) is 19.3. The summed E-state index contributed by atoms with van der Waals surface area (Å²) in [6, 6.07) is 3.75. The van der Waals surface area contributed by atoms with Crippen LogP contribution in [-0.4, -0.2) is 44.2 Å². The van der Waals surface area contributed by atoms with Gasteiger partial charge in [-0.25, -0.2) is 8.42 Å². The molecule has 0 saturated carbocycles. The maximum Gasteiger partial charge on any atom is 0.254 e. The van der Waals surface area contributed by atoms with Gasteiger partial charge in [0.1, 0.15) is 15.3 Å². The van der Waals surface area contributed by atoms with Crippen LogP contribution in [0.3, 0.4) is 0 Å². The van der Waals surface area contributed by atoms with Gasteiger partial charge in [0, 0.05) is 13.6 Å². The molecule has 2 aromatic heterocycles. The summed E-state index contributed by atoms with van der Waals surface area (Å²) in [5, 5.41) is 7.30. The molecule has 2 aromatic rings. The molecule has 1 aliphatic rings. The Hall–Kier alpha value is -1.46. The fourth-order valence-electron chi connectivity index (χ4n) is 2.76. The maximum absolute atomic E-state index is 12.8. The number of carbonyl (C=O) groups is 2. The summed E-state index contributed by atoms with van der Waals surface area (Å²) >= 11 is 8.02. The molecule has 1 atom stereocenters. The molecule has 11 heteroatoms. The number of carbonyl (C=O) groups excluding carboxylic acids is 2. The molecule has 0 aromatic carbocycles. The number of hydrogen-bond acceptors (Lipinski definition) is 6. The summed E-state index contributed by atoms with van der Waals surface area (Å²) < 4.78 is 27.3. The van der Waals surface area contributed by atoms with Crippen molar-refractivity contribution >= 4 is 61.1 Å². The lowest BCUT2D eigenvalue weighted by atomic mass is 10.2. The minimum absolute atomic E-state index is 0.115. The summed E-state index contributed by atoms with van der Waals surface area (Å²) in [6.45, 7) is 0.267. The molecule has 0 radical (unpaired) electrons. The number of thiophene rings is 2. The van der Waals surface area contributed by atoms with Crippen molar-refractivity contribution in [2.24, 2.45) is 0 Å². The second-order valence-electron chi connectivity index (χ2n) is 5.56. The predicted octanol–water partition coefficient (Wildman–Crippen LogP) is 2.61. The minimum Gasteiger partial charge on any atom is -0.355 e. The molecule has 0 spiro atoms. The average Bonchev–Trinajstić information content (AvgIpc) is 3.34. The topological polar surface area (TPSA) is 95.6 Å². The molecule has 26 heavy (non-hydrogen) atoms. The van der Waals surface area contributed by atoms with Crippen molar-refractivity contribution in [2.75, 3.05) is 18.9 Å². The third-order valence-corrected chi connectivity index (χ3v) is 8.43. The second-order valence-corrected chi connectivity index (χ2v) is 10.3. The van der Waals surface area contributed by atoms with Crippen LogP contribution >= 0.6 is 34.3 Å². The normalized spacial score (nSPS) is 18.0. The molecule has 1 unspecified atom stereocenters. The van der Waals surface area contributed by atoms with Crippen LogP contribution in [0.2, 0.25) is 4.34 Å². The molecule has 0 aliphatic carbocycles. The lowest BCUT2D eigenvalue weighted by Crippen LogP contribution is -2.43. The lowest BCUT2D eigenvalue weighted by molar-refractivity contribution is -0.119. The highest BCUT2D eigenvalue weighted by Gasteiger charge is 2.40. The Balaban J connectivity index is 1.81. The highest BCUT2D eigenvalue weighted by molar-refractivity contribution is 7.91. The Morgan fingerprint density at radius 2 is 2.08 bits per heavy atom. The summed E-state index contributed by atoms with van der Waals surface area (Å²) in [6.07, 6.45) is 1.01. The number of anilines is 1. The monoisotopic (exact) mass is 433 g/mol. The van der Waals surface area contributed by atoms with E-state index < -0.39 is 22.0 Å². The summed E-state index contributed by atoms with van der Waals surface area (Å²) in [4.78, 5) is 24.5. The molecule has 1 fully saturated rings. The van der Waals surface area contributed by atoms with Gasteiger partial charge in [-0.3, -0.25) is 9.59 Å². The van der Waals surface area contributed by atoms with Crippen molar-refractivity contribution in [3.63, 3.8) is 0 Å². The Morgan fingerprint density at radius 3 is 2.73 bits per heavy atom. The van der Waals surface area contributed by atoms with Gasteiger partial charge in [0.15, 0.2) is 0 Å². The summed E-state index contributed by atoms with van der Waals surface area (Å²) in [7, 11) is -2.29. The molecule has 2 N–H and O–H groups in total. The standard InChI is InChI=1S/C15H16ClN3O4S3/c1-17-13(20)9-6-8-24-15(9)18-14(21)10-3-2-7-19(10)26(22,23)12-5-4-11(16)25-12/h4-6,8,10H,2-3,7H2,1H3,(H,17,20)(H,18,21). The Kier molecular flexibility index (Phi) is 5.68. The first-order valence-corrected chi connectivity index (χ1v) is 11.2. The van der Waals surface area contributed by atoms with Crippen molar-refractivity contribution in [3.8, 4) is 0 Å². The van der Waals surface area contributed by atoms with Crippen molar-refractivity contribution < 1.29 is 18.0 Å². The second kappa shape index (κ2) is 7.65. The van der Waals surface area contributed by atoms with Crippen LogP contribution < -0.4 is 10.6 Å². The van der Waals surface area contributed by atoms with E-state index in [2.05, 4.69) is 10.6 Å². The molecule has 7 nitrogen and oxygen atoms in total. The first-order chi connectivity index (χ1) is 12.3. The van der Waals surface area contributed by atoms with Crippen molar-refractivity contribution in [3.05, 3.63) is 33.5 Å². The molecule has 1 aliphatic heterocycles. The average molecular weight is 434 g/mol. The highest BCUT2D eigenvalue weighted by atomic mass is 35.5. The maximum atomic E-state index is 12.8. The van der Waals surface area contributed by atoms with Crippen LogP contribution in [0.4, 0.5) is 5.00 Å². The molecule has 0 bridgehead atoms. The number of rotatable bonds is 5. The van der Waals surface area contributed by atoms with Gasteiger partial charge in [0.05, 0.1) is 9.90 Å². The quantitative estimate of drug-likeness (QED) is 0.757. The Morgan fingerprint density at radius 1 is 1.31 bits per heavy atom. The first-order valence-electron chi connectivity index (χ1n) is 7.72. The number of nitrogens with one attached hydrogen (secondary N) is 2. The lowest BCUT2D eigenvalue weighted by Gasteiger charge is -2.22. The molecule has 140 valence electrons. The van der Waals surface area contributed by atoms with Gasteiger partial charge in [0.2, 0.25) is 5.91 Å². The molecule has 1 saturated heterocycles. The van der Waals surface area contributed by atoms with E-state index in [0.29, 0.717) is 27.7 Å². The van der Waals surface area contributed by atoms with Gasteiger partial charge < -0.3 is 10.6 Å². The van der Waals surface area contributed by atoms with Crippen LogP contribution in [0.5, 0.6) is 0 Å². The zero-order chi connectivity index (χ0) is 18.9. The molecule has 2 amide bonds. The summed E-state index contributed by atoms with van der Waals surface area (Å²) in [5.74, 6) is -0.757. The molecular weight excluding hydrogens is 418 g/mol. The van der Waals surface area contributed by atoms with E-state index in [1.165, 1.54) is 34.8 Å². The number of amides is 2. The van der Waals surface area contributed by atoms with Gasteiger partial charge in [-0.05, 0) is 36.4 Å². The minimum atomic E-state index is -3.79. The van der Waals surface area contributed by atoms with E-state index in [4.69, 9.17) is 11.6 Å². The van der Waals surface area contributed by atoms with Crippen molar-refractivity contribution in [1.82, 2.24) is 9.62 Å². The third-order valence-electron chi connectivity index (χ3n) is 3.99. The van der Waals surface area contributed by atoms with E-state index >= 15 is 0 Å². The third kappa shape index (κ3) is 3.65. The summed E-state index contributed by atoms with van der Waals surface area (Å²) in [5.41, 5.74) is 0.350. The Labute approximate surface area is 164 Å². The van der Waals surface area contributed by atoms with Crippen LogP contribution in [0.25, 0.3) is 0 Å². The van der Waals surface area contributed by atoms with Crippen LogP contribution in [0.15, 0.2) is 27.8 Å². The van der Waals surface area contributed by atoms with E-state index in [1.54, 1.807) is 11.4 Å². The molecule has 3 rings (SSSR count). The van der Waals surface area contributed by atoms with Gasteiger partial charge in [0.25, 0.3) is 15.9 Å². The van der Waals surface area contributed by atoms with Gasteiger partial charge in [-0.2, -0.15) is 4.31 Å². The van der Waals surface area contributed by atoms with Crippen LogP contribution in [-0.2, 0) is 14.8 Å². The highest BCUT2D eigenvalue weighted by Crippen LogP contribution is 2.33. The number of sulfonamides is 1. The molecule has 3 heterocycles. The van der Waals surface area contributed by atoms with E-state index in [1.807, 2.05) is 0 Å². The Bertz CT molecular complexity index is 938. The van der Waals surface area contributed by atoms with Crippen molar-refractivity contribution in [1.29, 1.82) is 0 Å². The largest absolute Gasteiger partial charge is 0.355 e. The zero-order valence-corrected chi connectivity index (χ0v) is 16.9.